The third kappa shape index (κ3) is 6.99. The van der Waals surface area contributed by atoms with Crippen LogP contribution in [0.25, 0.3) is 6.08 Å². The van der Waals surface area contributed by atoms with Gasteiger partial charge in [0.1, 0.15) is 6.61 Å². The van der Waals surface area contributed by atoms with Gasteiger partial charge in [0.05, 0.1) is 6.42 Å². The molecule has 2 rings (SSSR count). The molecule has 0 saturated heterocycles. The number of halogens is 1. The molecule has 0 aromatic heterocycles. The number of benzene rings is 2. The van der Waals surface area contributed by atoms with E-state index in [1.807, 2.05) is 36.4 Å². The van der Waals surface area contributed by atoms with E-state index >= 15 is 0 Å². The number of carbonyl (C=O) groups is 2. The Bertz CT molecular complexity index is 775. The first-order chi connectivity index (χ1) is 12.5. The minimum Gasteiger partial charge on any atom is -0.481 e. The zero-order chi connectivity index (χ0) is 18.8. The summed E-state index contributed by atoms with van der Waals surface area (Å²) in [5.74, 6) is -0.898. The molecule has 2 N–H and O–H groups in total. The number of ether oxygens (including phenoxy) is 1. The van der Waals surface area contributed by atoms with Gasteiger partial charge in [0.15, 0.2) is 0 Å². The molecule has 0 fully saturated rings. The van der Waals surface area contributed by atoms with Gasteiger partial charge >= 0.3 is 12.1 Å². The van der Waals surface area contributed by atoms with Crippen LogP contribution < -0.4 is 5.32 Å². The zero-order valence-corrected chi connectivity index (χ0v) is 14.9. The van der Waals surface area contributed by atoms with Gasteiger partial charge in [-0.15, -0.1) is 0 Å². The summed E-state index contributed by atoms with van der Waals surface area (Å²) in [5, 5.41) is 12.2. The molecule has 5 nitrogen and oxygen atoms in total. The maximum atomic E-state index is 11.6. The topological polar surface area (TPSA) is 75.6 Å². The van der Waals surface area contributed by atoms with Crippen LogP contribution >= 0.6 is 11.6 Å². The Morgan fingerprint density at radius 1 is 1.15 bits per heavy atom. The lowest BCUT2D eigenvalue weighted by molar-refractivity contribution is -0.136. The van der Waals surface area contributed by atoms with Gasteiger partial charge in [0.25, 0.3) is 0 Å². The molecule has 0 atom stereocenters. The number of nitrogens with one attached hydrogen (secondary N) is 1. The van der Waals surface area contributed by atoms with Crippen LogP contribution in [0.3, 0.4) is 0 Å². The normalized spacial score (nSPS) is 10.7. The molecular weight excluding hydrogens is 354 g/mol. The van der Waals surface area contributed by atoms with Crippen LogP contribution in [0.15, 0.2) is 54.6 Å². The molecule has 136 valence electrons. The number of rotatable bonds is 8. The summed E-state index contributed by atoms with van der Waals surface area (Å²) < 4.78 is 5.11. The highest BCUT2D eigenvalue weighted by atomic mass is 35.5. The van der Waals surface area contributed by atoms with Crippen LogP contribution in [0.1, 0.15) is 23.1 Å². The first-order valence-corrected chi connectivity index (χ1v) is 8.53. The van der Waals surface area contributed by atoms with Gasteiger partial charge in [-0.2, -0.15) is 0 Å². The number of amides is 1. The van der Waals surface area contributed by atoms with E-state index in [4.69, 9.17) is 21.4 Å². The van der Waals surface area contributed by atoms with Crippen LogP contribution in [-0.4, -0.2) is 23.7 Å². The Labute approximate surface area is 157 Å². The van der Waals surface area contributed by atoms with Crippen molar-refractivity contribution in [2.24, 2.45) is 0 Å². The highest BCUT2D eigenvalue weighted by Gasteiger charge is 2.05. The molecule has 0 aliphatic rings. The minimum atomic E-state index is -0.898. The summed E-state index contributed by atoms with van der Waals surface area (Å²) in [5.41, 5.74) is 2.37. The number of hydrogen-bond donors (Lipinski definition) is 2. The van der Waals surface area contributed by atoms with E-state index < -0.39 is 12.1 Å². The van der Waals surface area contributed by atoms with E-state index in [9.17, 15) is 9.59 Å². The molecule has 0 aliphatic carbocycles. The number of carboxylic acids is 1. The fourth-order valence-corrected chi connectivity index (χ4v) is 2.47. The van der Waals surface area contributed by atoms with Crippen molar-refractivity contribution in [2.75, 3.05) is 6.54 Å². The maximum Gasteiger partial charge on any atom is 0.407 e. The van der Waals surface area contributed by atoms with Crippen molar-refractivity contribution in [3.05, 3.63) is 76.3 Å². The molecule has 0 spiro atoms. The van der Waals surface area contributed by atoms with E-state index in [-0.39, 0.29) is 13.0 Å². The zero-order valence-electron chi connectivity index (χ0n) is 14.2. The molecule has 1 amide bonds. The van der Waals surface area contributed by atoms with Gasteiger partial charge in [-0.25, -0.2) is 4.79 Å². The van der Waals surface area contributed by atoms with Crippen molar-refractivity contribution in [2.45, 2.75) is 19.4 Å². The quantitative estimate of drug-likeness (QED) is 0.676. The summed E-state index contributed by atoms with van der Waals surface area (Å²) in [6.07, 6.45) is 3.70. The van der Waals surface area contributed by atoms with Crippen LogP contribution in [-0.2, 0) is 22.6 Å². The van der Waals surface area contributed by atoms with Gasteiger partial charge in [0.2, 0.25) is 0 Å². The highest BCUT2D eigenvalue weighted by Crippen LogP contribution is 2.18. The fourth-order valence-electron chi connectivity index (χ4n) is 2.29. The van der Waals surface area contributed by atoms with Gasteiger partial charge < -0.3 is 15.2 Å². The van der Waals surface area contributed by atoms with Crippen LogP contribution in [0.2, 0.25) is 5.02 Å². The average Bonchev–Trinajstić information content (AvgIpc) is 2.62. The van der Waals surface area contributed by atoms with E-state index in [0.717, 1.165) is 11.1 Å². The summed E-state index contributed by atoms with van der Waals surface area (Å²) >= 11 is 5.97. The predicted octanol–water partition coefficient (Wildman–Crippen LogP) is 4.30. The molecule has 0 heterocycles. The second kappa shape index (κ2) is 10.3. The van der Waals surface area contributed by atoms with Crippen LogP contribution in [0, 0.1) is 0 Å². The molecule has 26 heavy (non-hydrogen) atoms. The van der Waals surface area contributed by atoms with Gasteiger partial charge in [-0.1, -0.05) is 60.2 Å². The first-order valence-electron chi connectivity index (χ1n) is 8.16. The SMILES string of the molecule is O=C(O)Cc1ccc(Cl)cc1C=CCCNC(=O)OCc1ccccc1. The smallest absolute Gasteiger partial charge is 0.407 e. The Balaban J connectivity index is 1.76. The molecule has 6 heteroatoms. The second-order valence-corrected chi connectivity index (χ2v) is 6.03. The highest BCUT2D eigenvalue weighted by molar-refractivity contribution is 6.30. The van der Waals surface area contributed by atoms with Crippen molar-refractivity contribution < 1.29 is 19.4 Å². The summed E-state index contributed by atoms with van der Waals surface area (Å²) in [6, 6.07) is 14.5. The van der Waals surface area contributed by atoms with Crippen LogP contribution in [0.4, 0.5) is 4.79 Å². The molecule has 0 aliphatic heterocycles. The monoisotopic (exact) mass is 373 g/mol. The standard InChI is InChI=1S/C20H20ClNO4/c21-18-10-9-17(13-19(23)24)16(12-18)8-4-5-11-22-20(25)26-14-15-6-2-1-3-7-15/h1-4,6-10,12H,5,11,13-14H2,(H,22,25)(H,23,24). The molecule has 0 saturated carbocycles. The van der Waals surface area contributed by atoms with Crippen molar-refractivity contribution in [3.63, 3.8) is 0 Å². The summed E-state index contributed by atoms with van der Waals surface area (Å²) in [6.45, 7) is 0.641. The number of carboxylic acid groups (broad SMARTS) is 1. The number of hydrogen-bond acceptors (Lipinski definition) is 3. The van der Waals surface area contributed by atoms with Gasteiger partial charge in [-0.05, 0) is 35.2 Å². The molecule has 0 radical (unpaired) electrons. The molecule has 2 aromatic carbocycles. The summed E-state index contributed by atoms with van der Waals surface area (Å²) in [7, 11) is 0. The van der Waals surface area contributed by atoms with E-state index in [2.05, 4.69) is 5.32 Å². The van der Waals surface area contributed by atoms with E-state index in [0.29, 0.717) is 23.6 Å². The first kappa shape index (κ1) is 19.5. The van der Waals surface area contributed by atoms with Gasteiger partial charge in [0, 0.05) is 11.6 Å². The van der Waals surface area contributed by atoms with Crippen molar-refractivity contribution in [1.82, 2.24) is 5.32 Å². The van der Waals surface area contributed by atoms with E-state index in [1.54, 1.807) is 24.3 Å². The number of aliphatic carboxylic acids is 1. The lowest BCUT2D eigenvalue weighted by Gasteiger charge is -2.06. The maximum absolute atomic E-state index is 11.6. The lowest BCUT2D eigenvalue weighted by Crippen LogP contribution is -2.24. The minimum absolute atomic E-state index is 0.0685. The molecule has 0 bridgehead atoms. The third-order valence-electron chi connectivity index (χ3n) is 3.54. The van der Waals surface area contributed by atoms with Gasteiger partial charge in [-0.3, -0.25) is 4.79 Å². The van der Waals surface area contributed by atoms with E-state index in [1.165, 1.54) is 0 Å². The van der Waals surface area contributed by atoms with Crippen molar-refractivity contribution in [1.29, 1.82) is 0 Å². The Morgan fingerprint density at radius 3 is 2.65 bits per heavy atom. The molecular formula is C20H20ClNO4. The fraction of sp³-hybridized carbons (Fsp3) is 0.200. The number of alkyl carbamates (subject to hydrolysis) is 1. The van der Waals surface area contributed by atoms with Crippen LogP contribution in [0.5, 0.6) is 0 Å². The second-order valence-electron chi connectivity index (χ2n) is 5.59. The Morgan fingerprint density at radius 2 is 1.92 bits per heavy atom. The average molecular weight is 374 g/mol. The molecule has 0 unspecified atom stereocenters. The Kier molecular flexibility index (Phi) is 7.71. The largest absolute Gasteiger partial charge is 0.481 e. The third-order valence-corrected chi connectivity index (χ3v) is 3.78. The predicted molar refractivity (Wildman–Crippen MR) is 101 cm³/mol. The lowest BCUT2D eigenvalue weighted by atomic mass is 10.0. The van der Waals surface area contributed by atoms with Crippen molar-refractivity contribution in [3.8, 4) is 0 Å². The summed E-state index contributed by atoms with van der Waals surface area (Å²) in [4.78, 5) is 22.5. The molecule has 2 aromatic rings. The van der Waals surface area contributed by atoms with Crippen molar-refractivity contribution >= 4 is 29.7 Å². The Hall–Kier alpha value is -2.79. The number of carbonyl (C=O) groups excluding carboxylic acids is 1.